The van der Waals surface area contributed by atoms with Gasteiger partial charge >= 0.3 is 0 Å². The molecular weight excluding hydrogens is 440 g/mol. The van der Waals surface area contributed by atoms with Crippen molar-refractivity contribution in [3.63, 3.8) is 0 Å². The first-order valence-corrected chi connectivity index (χ1v) is 11.9. The topological polar surface area (TPSA) is 9.23 Å². The van der Waals surface area contributed by atoms with Crippen molar-refractivity contribution in [3.05, 3.63) is 89.5 Å². The van der Waals surface area contributed by atoms with Crippen LogP contribution in [0.15, 0.2) is 66.8 Å². The van der Waals surface area contributed by atoms with E-state index < -0.39 is 35.3 Å². The Morgan fingerprint density at radius 1 is 0.794 bits per heavy atom. The Kier molecular flexibility index (Phi) is 7.72. The zero-order valence-electron chi connectivity index (χ0n) is 19.4. The third-order valence-electron chi connectivity index (χ3n) is 7.26. The van der Waals surface area contributed by atoms with Gasteiger partial charge < -0.3 is 4.74 Å². The molecular formula is C29H30F4O. The van der Waals surface area contributed by atoms with Crippen molar-refractivity contribution in [1.82, 2.24) is 0 Å². The molecule has 4 rings (SSSR count). The Labute approximate surface area is 198 Å². The van der Waals surface area contributed by atoms with Gasteiger partial charge in [0.05, 0.1) is 0 Å². The van der Waals surface area contributed by atoms with E-state index in [-0.39, 0.29) is 17.4 Å². The van der Waals surface area contributed by atoms with Gasteiger partial charge in [-0.3, -0.25) is 0 Å². The van der Waals surface area contributed by atoms with Gasteiger partial charge in [0, 0.05) is 18.6 Å². The van der Waals surface area contributed by atoms with E-state index in [1.54, 1.807) is 36.4 Å². The fourth-order valence-electron chi connectivity index (χ4n) is 5.13. The molecule has 1 saturated carbocycles. The van der Waals surface area contributed by atoms with E-state index in [9.17, 15) is 13.2 Å². The zero-order valence-corrected chi connectivity index (χ0v) is 19.4. The Bertz CT molecular complexity index is 1080. The van der Waals surface area contributed by atoms with Gasteiger partial charge in [0.15, 0.2) is 17.5 Å². The van der Waals surface area contributed by atoms with E-state index in [1.807, 2.05) is 18.2 Å². The average molecular weight is 471 g/mol. The first-order chi connectivity index (χ1) is 16.4. The predicted molar refractivity (Wildman–Crippen MR) is 128 cm³/mol. The van der Waals surface area contributed by atoms with Crippen molar-refractivity contribution in [1.29, 1.82) is 0 Å². The largest absolute Gasteiger partial charge is 0.374 e. The van der Waals surface area contributed by atoms with Crippen LogP contribution in [0.4, 0.5) is 17.6 Å². The highest BCUT2D eigenvalue weighted by atomic mass is 19.2. The maximum atomic E-state index is 15.0. The quantitative estimate of drug-likeness (QED) is 0.303. The molecule has 1 fully saturated rings. The standard InChI is InChI=1S/C29H30F4O/c1-3-18-4-9-20(10-5-18)23-15-16-24(28(32)27(23)31)21-11-6-19(7-12-21)8-13-22-14-17-25(34-2)29(33)26(22)30/h3-5,8-10,13,15-16,19,21-22,25H,1,6-7,11-12,14,17H2,2H3/b13-8+. The van der Waals surface area contributed by atoms with Crippen LogP contribution in [0.2, 0.25) is 0 Å². The molecule has 0 aliphatic heterocycles. The summed E-state index contributed by atoms with van der Waals surface area (Å²) in [5.74, 6) is -3.51. The molecule has 1 nitrogen and oxygen atoms in total. The zero-order chi connectivity index (χ0) is 24.2. The summed E-state index contributed by atoms with van der Waals surface area (Å²) in [5.41, 5.74) is 2.21. The van der Waals surface area contributed by atoms with Crippen LogP contribution < -0.4 is 0 Å². The maximum Gasteiger partial charge on any atom is 0.166 e. The summed E-state index contributed by atoms with van der Waals surface area (Å²) in [6.45, 7) is 3.70. The monoisotopic (exact) mass is 470 g/mol. The molecule has 2 aromatic carbocycles. The minimum atomic E-state index is -0.818. The highest BCUT2D eigenvalue weighted by molar-refractivity contribution is 5.66. The Balaban J connectivity index is 1.40. The first kappa shape index (κ1) is 24.5. The summed E-state index contributed by atoms with van der Waals surface area (Å²) >= 11 is 0. The lowest BCUT2D eigenvalue weighted by Crippen LogP contribution is -2.21. The summed E-state index contributed by atoms with van der Waals surface area (Å²) in [6, 6.07) is 10.5. The van der Waals surface area contributed by atoms with Gasteiger partial charge in [-0.2, -0.15) is 0 Å². The summed E-state index contributed by atoms with van der Waals surface area (Å²) < 4.78 is 63.2. The molecule has 2 atom stereocenters. The van der Waals surface area contributed by atoms with E-state index in [0.29, 0.717) is 24.0 Å². The van der Waals surface area contributed by atoms with Gasteiger partial charge in [-0.1, -0.05) is 61.2 Å². The average Bonchev–Trinajstić information content (AvgIpc) is 2.87. The molecule has 2 aliphatic carbocycles. The highest BCUT2D eigenvalue weighted by Crippen LogP contribution is 2.40. The molecule has 0 N–H and O–H groups in total. The highest BCUT2D eigenvalue weighted by Gasteiger charge is 2.30. The van der Waals surface area contributed by atoms with Gasteiger partial charge in [0.2, 0.25) is 0 Å². The van der Waals surface area contributed by atoms with Gasteiger partial charge in [-0.05, 0) is 67.1 Å². The number of benzene rings is 2. The number of hydrogen-bond donors (Lipinski definition) is 0. The smallest absolute Gasteiger partial charge is 0.166 e. The molecule has 34 heavy (non-hydrogen) atoms. The third-order valence-corrected chi connectivity index (χ3v) is 7.26. The normalized spacial score (nSPS) is 25.7. The summed E-state index contributed by atoms with van der Waals surface area (Å²) in [6.07, 6.45) is 8.66. The third kappa shape index (κ3) is 5.05. The van der Waals surface area contributed by atoms with E-state index in [0.717, 1.165) is 31.2 Å². The van der Waals surface area contributed by atoms with Crippen molar-refractivity contribution in [2.45, 2.75) is 50.5 Å². The molecule has 2 aliphatic rings. The fraction of sp³-hybridized carbons (Fsp3) is 0.379. The molecule has 180 valence electrons. The number of allylic oxidation sites excluding steroid dienone is 3. The molecule has 2 unspecified atom stereocenters. The molecule has 0 heterocycles. The van der Waals surface area contributed by atoms with E-state index in [2.05, 4.69) is 6.58 Å². The molecule has 0 bridgehead atoms. The number of hydrogen-bond acceptors (Lipinski definition) is 1. The van der Waals surface area contributed by atoms with Crippen molar-refractivity contribution in [2.75, 3.05) is 7.11 Å². The van der Waals surface area contributed by atoms with Crippen LogP contribution in [-0.2, 0) is 4.74 Å². The van der Waals surface area contributed by atoms with Crippen LogP contribution in [-0.4, -0.2) is 13.2 Å². The van der Waals surface area contributed by atoms with Crippen LogP contribution in [0.3, 0.4) is 0 Å². The van der Waals surface area contributed by atoms with Crippen LogP contribution in [0.25, 0.3) is 17.2 Å². The Hall–Kier alpha value is -2.66. The van der Waals surface area contributed by atoms with Crippen molar-refractivity contribution in [3.8, 4) is 11.1 Å². The second-order valence-electron chi connectivity index (χ2n) is 9.26. The Morgan fingerprint density at radius 2 is 1.50 bits per heavy atom. The summed E-state index contributed by atoms with van der Waals surface area (Å²) in [5, 5.41) is 0. The van der Waals surface area contributed by atoms with Gasteiger partial charge in [0.1, 0.15) is 11.9 Å². The summed E-state index contributed by atoms with van der Waals surface area (Å²) in [4.78, 5) is 0. The van der Waals surface area contributed by atoms with Gasteiger partial charge in [0.25, 0.3) is 0 Å². The van der Waals surface area contributed by atoms with Crippen LogP contribution in [0.5, 0.6) is 0 Å². The van der Waals surface area contributed by atoms with Crippen molar-refractivity contribution >= 4 is 6.08 Å². The minimum absolute atomic E-state index is 0.0532. The van der Waals surface area contributed by atoms with Crippen LogP contribution in [0.1, 0.15) is 55.6 Å². The maximum absolute atomic E-state index is 15.0. The van der Waals surface area contributed by atoms with Crippen LogP contribution >= 0.6 is 0 Å². The van der Waals surface area contributed by atoms with E-state index >= 15 is 4.39 Å². The van der Waals surface area contributed by atoms with E-state index in [1.165, 1.54) is 7.11 Å². The van der Waals surface area contributed by atoms with Gasteiger partial charge in [-0.25, -0.2) is 17.6 Å². The predicted octanol–water partition coefficient (Wildman–Crippen LogP) is 8.68. The second kappa shape index (κ2) is 10.7. The second-order valence-corrected chi connectivity index (χ2v) is 9.26. The number of rotatable bonds is 6. The summed E-state index contributed by atoms with van der Waals surface area (Å²) in [7, 11) is 1.38. The van der Waals surface area contributed by atoms with Crippen molar-refractivity contribution in [2.24, 2.45) is 11.8 Å². The SMILES string of the molecule is C=Cc1ccc(-c2ccc(C3CCC(/C=C/C4CCC(OC)C(F)=C4F)CC3)c(F)c2F)cc1. The van der Waals surface area contributed by atoms with E-state index in [4.69, 9.17) is 4.74 Å². The minimum Gasteiger partial charge on any atom is -0.374 e. The first-order valence-electron chi connectivity index (χ1n) is 11.9. The number of ether oxygens (including phenoxy) is 1. The molecule has 5 heteroatoms. The number of methoxy groups -OCH3 is 1. The van der Waals surface area contributed by atoms with Crippen LogP contribution in [0, 0.1) is 23.5 Å². The molecule has 0 spiro atoms. The number of halogens is 4. The fourth-order valence-corrected chi connectivity index (χ4v) is 5.13. The molecule has 2 aromatic rings. The lowest BCUT2D eigenvalue weighted by molar-refractivity contribution is 0.0858. The molecule has 0 radical (unpaired) electrons. The molecule has 0 saturated heterocycles. The molecule has 0 aromatic heterocycles. The molecule has 0 amide bonds. The van der Waals surface area contributed by atoms with Gasteiger partial charge in [-0.15, -0.1) is 0 Å². The lowest BCUT2D eigenvalue weighted by Gasteiger charge is -2.28. The lowest BCUT2D eigenvalue weighted by atomic mass is 9.77. The van der Waals surface area contributed by atoms with Crippen molar-refractivity contribution < 1.29 is 22.3 Å². The Morgan fingerprint density at radius 3 is 2.15 bits per heavy atom.